The smallest absolute Gasteiger partial charge is 0.233 e. The van der Waals surface area contributed by atoms with Crippen LogP contribution in [0.1, 0.15) is 89.5 Å². The number of anilines is 1. The van der Waals surface area contributed by atoms with Gasteiger partial charge in [0.1, 0.15) is 34.8 Å². The molecule has 2 heterocycles. The number of amides is 1. The molecule has 0 fully saturated rings. The third kappa shape index (κ3) is 13.3. The molecule has 0 spiro atoms. The van der Waals surface area contributed by atoms with E-state index in [1.165, 1.54) is 12.1 Å². The van der Waals surface area contributed by atoms with Crippen LogP contribution in [0.25, 0.3) is 17.4 Å². The summed E-state index contributed by atoms with van der Waals surface area (Å²) < 4.78 is 119. The third-order valence-electron chi connectivity index (χ3n) is 10.4. The van der Waals surface area contributed by atoms with Crippen LogP contribution < -0.4 is 26.1 Å². The van der Waals surface area contributed by atoms with Gasteiger partial charge in [-0.15, -0.1) is 0 Å². The number of fused-ring (bicyclic) bond motifs is 2. The van der Waals surface area contributed by atoms with E-state index in [0.717, 1.165) is 16.5 Å². The van der Waals surface area contributed by atoms with Gasteiger partial charge in [0.05, 0.1) is 31.2 Å². The van der Waals surface area contributed by atoms with Gasteiger partial charge in [-0.1, -0.05) is 33.3 Å². The van der Waals surface area contributed by atoms with Crippen LogP contribution in [0.15, 0.2) is 69.6 Å². The van der Waals surface area contributed by atoms with E-state index in [2.05, 4.69) is 26.2 Å². The standard InChI is InChI=1S/C40H56N4O12S3/c1-39(2,3)33-27-30(56-36-26-29(15-17-32(33)36)43(22-23-55-5)20-11-25-58(49,50)51)12-9-13-37-40(4,19-10-24-57(46,47)48)34-28-31(59(52,53)54)16-18-35(34)44(37)21-8-6-7-14-38(45)42-41/h9,12-13,15-18,26-28H,6-8,10-11,14,19-25,41H2,1-5H3,(H3-,42,45,46,47,48,49,50,51,52,53,54)/p-2. The SMILES string of the molecule is COCC[N+](CCCS(=O)(=O)[O-])=c1ccc2c(C(C)(C)C)cc(/C=C/C=C3/N(CCCCCC(=O)NN)c4ccc(S(=O)(=O)[O-])cc4C3(C)CCCS(=O)(=O)[O-])oc-2c1. The largest absolute Gasteiger partial charge is 0.748 e. The Morgan fingerprint density at radius 1 is 0.932 bits per heavy atom. The van der Waals surface area contributed by atoms with Crippen LogP contribution in [-0.2, 0) is 50.7 Å². The summed E-state index contributed by atoms with van der Waals surface area (Å²) in [4.78, 5) is 13.2. The van der Waals surface area contributed by atoms with E-state index in [9.17, 15) is 43.7 Å². The number of hydrogen-bond donors (Lipinski definition) is 2. The normalized spacial score (nSPS) is 17.6. The number of ether oxygens (including phenoxy) is 1. The van der Waals surface area contributed by atoms with E-state index in [0.29, 0.717) is 74.0 Å². The van der Waals surface area contributed by atoms with E-state index in [-0.39, 0.29) is 37.0 Å². The highest BCUT2D eigenvalue weighted by molar-refractivity contribution is 7.86. The molecule has 4 rings (SSSR count). The third-order valence-corrected chi connectivity index (χ3v) is 12.8. The fourth-order valence-electron chi connectivity index (χ4n) is 7.43. The van der Waals surface area contributed by atoms with Gasteiger partial charge in [-0.25, -0.2) is 35.7 Å². The highest BCUT2D eigenvalue weighted by Gasteiger charge is 2.43. The fraction of sp³-hybridized carbons (Fsp3) is 0.500. The summed E-state index contributed by atoms with van der Waals surface area (Å²) in [5.74, 6) is 4.82. The van der Waals surface area contributed by atoms with Gasteiger partial charge in [-0.05, 0) is 91.6 Å². The number of rotatable bonds is 20. The van der Waals surface area contributed by atoms with Crippen molar-refractivity contribution >= 4 is 48.0 Å². The van der Waals surface area contributed by atoms with Crippen molar-refractivity contribution in [2.24, 2.45) is 5.84 Å². The molecule has 2 aliphatic heterocycles. The summed E-state index contributed by atoms with van der Waals surface area (Å²) >= 11 is 0. The van der Waals surface area contributed by atoms with E-state index < -0.39 is 52.2 Å². The van der Waals surface area contributed by atoms with Crippen LogP contribution in [0, 0.1) is 0 Å². The molecule has 0 bridgehead atoms. The van der Waals surface area contributed by atoms with Crippen LogP contribution in [0.4, 0.5) is 5.69 Å². The maximum absolute atomic E-state index is 12.2. The van der Waals surface area contributed by atoms with Gasteiger partial charge in [0.25, 0.3) is 0 Å². The van der Waals surface area contributed by atoms with E-state index in [1.807, 2.05) is 46.7 Å². The van der Waals surface area contributed by atoms with Crippen LogP contribution in [0.5, 0.6) is 0 Å². The summed E-state index contributed by atoms with van der Waals surface area (Å²) in [6.45, 7) is 9.53. The van der Waals surface area contributed by atoms with Gasteiger partial charge >= 0.3 is 0 Å². The maximum Gasteiger partial charge on any atom is 0.233 e. The van der Waals surface area contributed by atoms with Crippen molar-refractivity contribution in [3.8, 4) is 11.3 Å². The number of nitrogens with one attached hydrogen (secondary N) is 1. The summed E-state index contributed by atoms with van der Waals surface area (Å²) in [6, 6.07) is 11.7. The second-order valence-electron chi connectivity index (χ2n) is 15.9. The zero-order valence-electron chi connectivity index (χ0n) is 34.1. The van der Waals surface area contributed by atoms with Crippen molar-refractivity contribution in [1.82, 2.24) is 10.0 Å². The molecule has 3 aliphatic rings. The van der Waals surface area contributed by atoms with Crippen molar-refractivity contribution in [3.63, 3.8) is 0 Å². The number of carbonyl (C=O) groups excluding carboxylic acids is 1. The second-order valence-corrected chi connectivity index (χ2v) is 20.3. The molecule has 1 unspecified atom stereocenters. The fourth-order valence-corrected chi connectivity index (χ4v) is 8.91. The van der Waals surface area contributed by atoms with Crippen LogP contribution in [0.2, 0.25) is 0 Å². The Bertz CT molecular complexity index is 2420. The minimum absolute atomic E-state index is 0.0371. The molecular formula is C40H54N4O12S3-2. The average Bonchev–Trinajstić information content (AvgIpc) is 3.36. The topological polar surface area (TPSA) is 255 Å². The van der Waals surface area contributed by atoms with E-state index in [1.54, 1.807) is 25.3 Å². The molecule has 1 atom stereocenters. The Morgan fingerprint density at radius 3 is 2.25 bits per heavy atom. The predicted molar refractivity (Wildman–Crippen MR) is 221 cm³/mol. The van der Waals surface area contributed by atoms with Crippen molar-refractivity contribution < 1.29 is 52.9 Å². The van der Waals surface area contributed by atoms with Gasteiger partial charge in [-0.3, -0.25) is 10.2 Å². The zero-order chi connectivity index (χ0) is 43.8. The molecule has 3 N–H and O–H groups in total. The van der Waals surface area contributed by atoms with Crippen LogP contribution in [-0.4, -0.2) is 89.7 Å². The van der Waals surface area contributed by atoms with Crippen molar-refractivity contribution in [3.05, 3.63) is 82.6 Å². The summed E-state index contributed by atoms with van der Waals surface area (Å²) in [5, 5.41) is 0.739. The molecule has 1 aromatic rings. The highest BCUT2D eigenvalue weighted by atomic mass is 32.2. The Morgan fingerprint density at radius 2 is 1.63 bits per heavy atom. The van der Waals surface area contributed by atoms with Gasteiger partial charge in [-0.2, -0.15) is 0 Å². The number of nitrogens with zero attached hydrogens (tertiary/aromatic N) is 2. The summed E-state index contributed by atoms with van der Waals surface area (Å²) in [6.07, 6.45) is 7.62. The quantitative estimate of drug-likeness (QED) is 0.0412. The Labute approximate surface area is 347 Å². The predicted octanol–water partition coefficient (Wildman–Crippen LogP) is 3.49. The second kappa shape index (κ2) is 19.6. The molecule has 1 aliphatic carbocycles. The average molecular weight is 879 g/mol. The Kier molecular flexibility index (Phi) is 15.9. The lowest BCUT2D eigenvalue weighted by atomic mass is 9.77. The van der Waals surface area contributed by atoms with Crippen LogP contribution >= 0.6 is 0 Å². The van der Waals surface area contributed by atoms with Crippen molar-refractivity contribution in [2.45, 2.75) is 88.4 Å². The van der Waals surface area contributed by atoms with Crippen molar-refractivity contribution in [1.29, 1.82) is 0 Å². The minimum Gasteiger partial charge on any atom is -0.748 e. The number of unbranched alkanes of at least 4 members (excludes halogenated alkanes) is 2. The molecule has 0 aromatic heterocycles. The van der Waals surface area contributed by atoms with Gasteiger partial charge in [0.15, 0.2) is 6.54 Å². The van der Waals surface area contributed by atoms with E-state index in [4.69, 9.17) is 15.0 Å². The minimum atomic E-state index is -4.85. The first-order valence-electron chi connectivity index (χ1n) is 19.3. The molecule has 0 saturated carbocycles. The monoisotopic (exact) mass is 878 g/mol. The first-order chi connectivity index (χ1) is 27.5. The van der Waals surface area contributed by atoms with E-state index >= 15 is 0 Å². The Balaban J connectivity index is 1.86. The van der Waals surface area contributed by atoms with Crippen LogP contribution in [0.3, 0.4) is 0 Å². The molecule has 59 heavy (non-hydrogen) atoms. The summed E-state index contributed by atoms with van der Waals surface area (Å²) in [7, 11) is -12.3. The molecule has 0 saturated heterocycles. The Hall–Kier alpha value is -3.95. The lowest BCUT2D eigenvalue weighted by Gasteiger charge is -2.31. The zero-order valence-corrected chi connectivity index (χ0v) is 36.5. The molecule has 1 amide bonds. The van der Waals surface area contributed by atoms with Gasteiger partial charge in [0, 0.05) is 66.4 Å². The molecule has 326 valence electrons. The lowest BCUT2D eigenvalue weighted by molar-refractivity contribution is -0.121. The summed E-state index contributed by atoms with van der Waals surface area (Å²) in [5.41, 5.74) is 4.36. The lowest BCUT2D eigenvalue weighted by Crippen LogP contribution is -2.34. The number of allylic oxidation sites excluding steroid dienone is 3. The number of benzene rings is 2. The molecule has 0 radical (unpaired) electrons. The number of hydrogen-bond acceptors (Lipinski definition) is 14. The molecule has 19 heteroatoms. The first kappa shape index (κ1) is 47.7. The maximum atomic E-state index is 12.2. The molecular weight excluding hydrogens is 825 g/mol. The first-order valence-corrected chi connectivity index (χ1v) is 23.8. The number of hydrazine groups is 1. The highest BCUT2D eigenvalue weighted by Crippen LogP contribution is 2.51. The number of carbonyl (C=O) groups is 1. The molecule has 16 nitrogen and oxygen atoms in total. The number of methoxy groups -OCH3 is 1. The number of nitrogens with two attached hydrogens (primary N) is 1. The van der Waals surface area contributed by atoms with Gasteiger partial charge < -0.3 is 27.7 Å². The van der Waals surface area contributed by atoms with Gasteiger partial charge in [0.2, 0.25) is 11.3 Å². The van der Waals surface area contributed by atoms with Crippen molar-refractivity contribution in [2.75, 3.05) is 49.8 Å². The molecule has 1 aromatic carbocycles.